The summed E-state index contributed by atoms with van der Waals surface area (Å²) in [6, 6.07) is 0. The van der Waals surface area contributed by atoms with E-state index in [2.05, 4.69) is 0 Å². The molecule has 0 radical (unpaired) electrons. The second kappa shape index (κ2) is 4.40. The van der Waals surface area contributed by atoms with E-state index in [1.165, 1.54) is 0 Å². The van der Waals surface area contributed by atoms with Crippen molar-refractivity contribution in [3.05, 3.63) is 0 Å². The smallest absolute Gasteiger partial charge is 0.293 e. The van der Waals surface area contributed by atoms with Crippen LogP contribution < -0.4 is 0 Å². The van der Waals surface area contributed by atoms with Gasteiger partial charge in [-0.15, -0.1) is 12.3 Å². The lowest BCUT2D eigenvalue weighted by Gasteiger charge is -2.17. The number of alkyl halides is 5. The molecule has 0 N–H and O–H groups in total. The van der Waals surface area contributed by atoms with Crippen molar-refractivity contribution in [2.45, 2.75) is 31.4 Å². The van der Waals surface area contributed by atoms with E-state index in [1.807, 2.05) is 5.92 Å². The molecule has 0 aliphatic heterocycles. The molecule has 0 heterocycles. The summed E-state index contributed by atoms with van der Waals surface area (Å²) in [5, 5.41) is 0. The van der Waals surface area contributed by atoms with Crippen molar-refractivity contribution in [3.63, 3.8) is 0 Å². The summed E-state index contributed by atoms with van der Waals surface area (Å²) in [5.74, 6) is -5.37. The van der Waals surface area contributed by atoms with E-state index >= 15 is 0 Å². The van der Waals surface area contributed by atoms with Crippen molar-refractivity contribution >= 4 is 5.78 Å². The molecule has 0 aromatic carbocycles. The zero-order chi connectivity index (χ0) is 11.4. The first-order chi connectivity index (χ1) is 6.23. The third-order valence-electron chi connectivity index (χ3n) is 1.43. The number of halogens is 5. The van der Waals surface area contributed by atoms with Gasteiger partial charge in [-0.2, -0.15) is 22.0 Å². The first-order valence-electron chi connectivity index (χ1n) is 3.64. The average Bonchev–Trinajstić information content (AvgIpc) is 2.02. The Morgan fingerprint density at radius 3 is 2.07 bits per heavy atom. The summed E-state index contributed by atoms with van der Waals surface area (Å²) < 4.78 is 59.2. The van der Waals surface area contributed by atoms with Crippen LogP contribution in [0.3, 0.4) is 0 Å². The van der Waals surface area contributed by atoms with Crippen LogP contribution >= 0.6 is 0 Å². The summed E-state index contributed by atoms with van der Waals surface area (Å²) in [4.78, 5) is 10.4. The molecule has 0 saturated heterocycles. The topological polar surface area (TPSA) is 17.1 Å². The highest BCUT2D eigenvalue weighted by Gasteiger charge is 2.62. The lowest BCUT2D eigenvalue weighted by atomic mass is 10.1. The Bertz CT molecular complexity index is 247. The van der Waals surface area contributed by atoms with E-state index < -0.39 is 24.3 Å². The average molecular weight is 214 g/mol. The zero-order valence-electron chi connectivity index (χ0n) is 7.00. The second-order valence-corrected chi connectivity index (χ2v) is 2.55. The zero-order valence-corrected chi connectivity index (χ0v) is 7.00. The largest absolute Gasteiger partial charge is 0.461 e. The fraction of sp³-hybridized carbons (Fsp3) is 0.625. The van der Waals surface area contributed by atoms with Gasteiger partial charge in [-0.25, -0.2) is 0 Å². The maximum atomic E-state index is 12.2. The van der Waals surface area contributed by atoms with Crippen molar-refractivity contribution in [1.82, 2.24) is 0 Å². The minimum Gasteiger partial charge on any atom is -0.293 e. The van der Waals surface area contributed by atoms with Gasteiger partial charge < -0.3 is 0 Å². The van der Waals surface area contributed by atoms with E-state index in [0.717, 1.165) is 0 Å². The summed E-state index contributed by atoms with van der Waals surface area (Å²) in [6.45, 7) is 0. The predicted octanol–water partition coefficient (Wildman–Crippen LogP) is 2.56. The normalized spacial score (nSPS) is 12.3. The fourth-order valence-corrected chi connectivity index (χ4v) is 0.666. The molecular formula is C8H7F5O. The molecule has 0 atom stereocenters. The third kappa shape index (κ3) is 2.98. The van der Waals surface area contributed by atoms with Gasteiger partial charge in [0.05, 0.1) is 0 Å². The molecule has 6 heteroatoms. The van der Waals surface area contributed by atoms with Crippen LogP contribution in [0.1, 0.15) is 19.3 Å². The van der Waals surface area contributed by atoms with Crippen LogP contribution in [-0.4, -0.2) is 17.9 Å². The summed E-state index contributed by atoms with van der Waals surface area (Å²) in [6.07, 6.45) is -2.11. The molecule has 1 nitrogen and oxygen atoms in total. The predicted molar refractivity (Wildman–Crippen MR) is 38.7 cm³/mol. The fourth-order valence-electron chi connectivity index (χ4n) is 0.666. The maximum absolute atomic E-state index is 12.2. The van der Waals surface area contributed by atoms with Crippen LogP contribution in [0.5, 0.6) is 0 Å². The molecule has 0 aromatic heterocycles. The molecule has 0 spiro atoms. The molecule has 0 unspecified atom stereocenters. The number of hydrogen-bond acceptors (Lipinski definition) is 1. The molecular weight excluding hydrogens is 207 g/mol. The minimum atomic E-state index is -5.82. The molecule has 80 valence electrons. The van der Waals surface area contributed by atoms with E-state index in [9.17, 15) is 26.7 Å². The van der Waals surface area contributed by atoms with Gasteiger partial charge in [-0.3, -0.25) is 4.79 Å². The molecule has 0 aliphatic carbocycles. The quantitative estimate of drug-likeness (QED) is 0.399. The number of hydrogen-bond donors (Lipinski definition) is 0. The number of rotatable bonds is 4. The highest BCUT2D eigenvalue weighted by molar-refractivity contribution is 5.86. The van der Waals surface area contributed by atoms with Crippen molar-refractivity contribution < 1.29 is 26.7 Å². The minimum absolute atomic E-state index is 0.000320. The summed E-state index contributed by atoms with van der Waals surface area (Å²) in [5.41, 5.74) is 0. The van der Waals surface area contributed by atoms with Gasteiger partial charge in [-0.05, 0) is 6.42 Å². The molecule has 0 aromatic rings. The molecule has 0 aliphatic rings. The molecule has 0 saturated carbocycles. The Balaban J connectivity index is 4.32. The lowest BCUT2D eigenvalue weighted by Crippen LogP contribution is -2.43. The Labute approximate surface area is 77.3 Å². The van der Waals surface area contributed by atoms with Crippen LogP contribution in [0, 0.1) is 12.3 Å². The monoisotopic (exact) mass is 214 g/mol. The van der Waals surface area contributed by atoms with Crippen LogP contribution in [0.4, 0.5) is 22.0 Å². The van der Waals surface area contributed by atoms with Crippen LogP contribution in [0.2, 0.25) is 0 Å². The number of terminal acetylenes is 1. The Morgan fingerprint density at radius 1 is 1.21 bits per heavy atom. The lowest BCUT2D eigenvalue weighted by molar-refractivity contribution is -0.268. The van der Waals surface area contributed by atoms with E-state index in [-0.39, 0.29) is 12.8 Å². The van der Waals surface area contributed by atoms with Crippen molar-refractivity contribution in [3.8, 4) is 12.3 Å². The van der Waals surface area contributed by atoms with Gasteiger partial charge in [-0.1, -0.05) is 0 Å². The SMILES string of the molecule is C#CCCCC(=O)C(F)(F)C(F)(F)F. The highest BCUT2D eigenvalue weighted by atomic mass is 19.4. The number of Topliss-reactive ketones (excluding diaryl/α,β-unsaturated/α-hetero) is 1. The number of unbranched alkanes of at least 4 members (excludes halogenated alkanes) is 1. The van der Waals surface area contributed by atoms with Gasteiger partial charge in [0.2, 0.25) is 5.78 Å². The van der Waals surface area contributed by atoms with Crippen LogP contribution in [0.25, 0.3) is 0 Å². The third-order valence-corrected chi connectivity index (χ3v) is 1.43. The first kappa shape index (κ1) is 12.9. The standard InChI is InChI=1S/C8H7F5O/c1-2-3-4-5-6(14)7(9,10)8(11,12)13/h1H,3-5H2. The first-order valence-corrected chi connectivity index (χ1v) is 3.64. The molecule has 0 bridgehead atoms. The van der Waals surface area contributed by atoms with Crippen LogP contribution in [-0.2, 0) is 4.79 Å². The molecule has 0 rings (SSSR count). The van der Waals surface area contributed by atoms with Gasteiger partial charge in [0.15, 0.2) is 0 Å². The van der Waals surface area contributed by atoms with E-state index in [0.29, 0.717) is 0 Å². The van der Waals surface area contributed by atoms with Crippen molar-refractivity contribution in [2.75, 3.05) is 0 Å². The Kier molecular flexibility index (Phi) is 4.05. The van der Waals surface area contributed by atoms with Gasteiger partial charge >= 0.3 is 12.1 Å². The van der Waals surface area contributed by atoms with Gasteiger partial charge in [0.1, 0.15) is 0 Å². The molecule has 14 heavy (non-hydrogen) atoms. The number of carbonyl (C=O) groups is 1. The Morgan fingerprint density at radius 2 is 1.71 bits per heavy atom. The van der Waals surface area contributed by atoms with Gasteiger partial charge in [0.25, 0.3) is 0 Å². The highest BCUT2D eigenvalue weighted by Crippen LogP contribution is 2.37. The summed E-state index contributed by atoms with van der Waals surface area (Å²) in [7, 11) is 0. The molecule has 0 amide bonds. The van der Waals surface area contributed by atoms with E-state index in [1.54, 1.807) is 0 Å². The molecule has 0 fully saturated rings. The second-order valence-electron chi connectivity index (χ2n) is 2.55. The number of ketones is 1. The van der Waals surface area contributed by atoms with Crippen molar-refractivity contribution in [1.29, 1.82) is 0 Å². The number of carbonyl (C=O) groups excluding carboxylic acids is 1. The van der Waals surface area contributed by atoms with E-state index in [4.69, 9.17) is 6.42 Å². The Hall–Kier alpha value is -1.12. The van der Waals surface area contributed by atoms with Crippen molar-refractivity contribution in [2.24, 2.45) is 0 Å². The van der Waals surface area contributed by atoms with Crippen LogP contribution in [0.15, 0.2) is 0 Å². The van der Waals surface area contributed by atoms with Gasteiger partial charge in [0, 0.05) is 12.8 Å². The summed E-state index contributed by atoms with van der Waals surface area (Å²) >= 11 is 0. The maximum Gasteiger partial charge on any atom is 0.461 e.